The Balaban J connectivity index is 2.25. The minimum Gasteiger partial charge on any atom is -0.482 e. The second kappa shape index (κ2) is 13.3. The molecule has 1 aromatic heterocycles. The molecule has 11 heteroatoms. The fraction of sp³-hybridized carbons (Fsp3) is 0.207. The summed E-state index contributed by atoms with van der Waals surface area (Å²) in [4.78, 5) is 40.8. The average Bonchev–Trinajstić information content (AvgIpc) is 2.94. The molecule has 3 aromatic rings. The maximum atomic E-state index is 14.6. The maximum Gasteiger partial charge on any atom is 0.277 e. The number of nitrogens with two attached hydrogens (primary N) is 1. The number of carbonyl (C=O) groups excluding carboxylic acids is 2. The van der Waals surface area contributed by atoms with Crippen molar-refractivity contribution in [2.45, 2.75) is 32.2 Å². The monoisotopic (exact) mass is 552 g/mol. The van der Waals surface area contributed by atoms with E-state index in [0.29, 0.717) is 11.6 Å². The van der Waals surface area contributed by atoms with E-state index in [4.69, 9.17) is 10.5 Å². The lowest BCUT2D eigenvalue weighted by Crippen LogP contribution is -2.44. The summed E-state index contributed by atoms with van der Waals surface area (Å²) >= 11 is 0. The van der Waals surface area contributed by atoms with Gasteiger partial charge in [-0.1, -0.05) is 48.6 Å². The minimum absolute atomic E-state index is 0.0584. The van der Waals surface area contributed by atoms with Gasteiger partial charge in [0.15, 0.2) is 11.4 Å². The van der Waals surface area contributed by atoms with Crippen LogP contribution in [-0.2, 0) is 13.2 Å². The quantitative estimate of drug-likeness (QED) is 0.280. The second-order valence-electron chi connectivity index (χ2n) is 8.87. The van der Waals surface area contributed by atoms with E-state index in [-0.39, 0.29) is 17.9 Å². The van der Waals surface area contributed by atoms with Crippen molar-refractivity contribution in [3.05, 3.63) is 124 Å². The Hall–Kier alpha value is -4.77. The summed E-state index contributed by atoms with van der Waals surface area (Å²) < 4.78 is 35.1. The molecule has 0 saturated heterocycles. The molecule has 2 aromatic carbocycles. The van der Waals surface area contributed by atoms with Crippen molar-refractivity contribution in [2.24, 2.45) is 5.73 Å². The summed E-state index contributed by atoms with van der Waals surface area (Å²) in [6.45, 7) is 7.86. The van der Waals surface area contributed by atoms with Gasteiger partial charge in [-0.2, -0.15) is 0 Å². The Morgan fingerprint density at radius 3 is 2.45 bits per heavy atom. The van der Waals surface area contributed by atoms with Gasteiger partial charge in [-0.25, -0.2) is 8.78 Å². The van der Waals surface area contributed by atoms with Crippen LogP contribution in [0.3, 0.4) is 0 Å². The molecule has 4 N–H and O–H groups in total. The first-order valence-corrected chi connectivity index (χ1v) is 12.2. The number of carbonyl (C=O) groups is 2. The first-order chi connectivity index (χ1) is 19.1. The Morgan fingerprint density at radius 1 is 1.18 bits per heavy atom. The summed E-state index contributed by atoms with van der Waals surface area (Å²) in [5.41, 5.74) is 7.23. The van der Waals surface area contributed by atoms with Crippen LogP contribution < -0.4 is 21.3 Å². The summed E-state index contributed by atoms with van der Waals surface area (Å²) in [5.74, 6) is -4.17. The second-order valence-corrected chi connectivity index (χ2v) is 8.87. The summed E-state index contributed by atoms with van der Waals surface area (Å²) in [6.07, 6.45) is 3.84. The number of aromatic nitrogens is 1. The van der Waals surface area contributed by atoms with Crippen LogP contribution in [0.25, 0.3) is 0 Å². The van der Waals surface area contributed by atoms with Crippen molar-refractivity contribution in [2.75, 3.05) is 12.0 Å². The number of nitrogens with one attached hydrogen (secondary N) is 1. The lowest BCUT2D eigenvalue weighted by Gasteiger charge is -2.31. The first-order valence-electron chi connectivity index (χ1n) is 12.2. The van der Waals surface area contributed by atoms with E-state index in [0.717, 1.165) is 27.9 Å². The molecule has 9 nitrogen and oxygen atoms in total. The number of primary amides is 1. The number of halogens is 2. The Bertz CT molecular complexity index is 1460. The molecule has 2 amide bonds. The van der Waals surface area contributed by atoms with Gasteiger partial charge in [0, 0.05) is 24.4 Å². The van der Waals surface area contributed by atoms with Crippen molar-refractivity contribution >= 4 is 11.8 Å². The molecule has 40 heavy (non-hydrogen) atoms. The molecular formula is C29H30F2N4O5. The van der Waals surface area contributed by atoms with Crippen LogP contribution in [-0.4, -0.2) is 45.2 Å². The lowest BCUT2D eigenvalue weighted by molar-refractivity contribution is 0.0615. The molecule has 0 fully saturated rings. The number of amides is 2. The highest BCUT2D eigenvalue weighted by atomic mass is 19.1. The van der Waals surface area contributed by atoms with E-state index in [9.17, 15) is 28.3 Å². The SMILES string of the molecule is C=CC(C)Nn1cc(C(N)=O)c(=O)c(OCc2ccccc2)c1C(=O)N(Cc1ccc(F)cc1F)C(C=C)CO. The zero-order valence-electron chi connectivity index (χ0n) is 21.8. The van der Waals surface area contributed by atoms with Gasteiger partial charge in [-0.05, 0) is 18.6 Å². The zero-order chi connectivity index (χ0) is 29.4. The summed E-state index contributed by atoms with van der Waals surface area (Å²) in [7, 11) is 0. The molecule has 210 valence electrons. The topological polar surface area (TPSA) is 127 Å². The highest BCUT2D eigenvalue weighted by molar-refractivity contribution is 5.98. The van der Waals surface area contributed by atoms with Gasteiger partial charge in [0.05, 0.1) is 18.7 Å². The van der Waals surface area contributed by atoms with E-state index >= 15 is 0 Å². The fourth-order valence-electron chi connectivity index (χ4n) is 3.81. The Labute approximate surface area is 229 Å². The Morgan fingerprint density at radius 2 is 1.88 bits per heavy atom. The number of hydrogen-bond donors (Lipinski definition) is 3. The van der Waals surface area contributed by atoms with Crippen LogP contribution in [0.1, 0.15) is 38.9 Å². The fourth-order valence-corrected chi connectivity index (χ4v) is 3.81. The molecule has 0 spiro atoms. The van der Waals surface area contributed by atoms with Gasteiger partial charge < -0.3 is 25.9 Å². The number of pyridine rings is 1. The molecule has 0 aliphatic heterocycles. The van der Waals surface area contributed by atoms with Crippen LogP contribution in [0, 0.1) is 11.6 Å². The number of nitrogens with zero attached hydrogens (tertiary/aromatic N) is 2. The van der Waals surface area contributed by atoms with Gasteiger partial charge in [-0.3, -0.25) is 19.1 Å². The molecule has 0 radical (unpaired) electrons. The predicted octanol–water partition coefficient (Wildman–Crippen LogP) is 3.11. The van der Waals surface area contributed by atoms with Crippen LogP contribution in [0.4, 0.5) is 8.78 Å². The number of aliphatic hydroxyl groups excluding tert-OH is 1. The predicted molar refractivity (Wildman–Crippen MR) is 146 cm³/mol. The standard InChI is InChI=1S/C29H30F2N4O5/c1-4-18(3)33-35-15-23(28(32)38)26(37)27(40-17-19-9-7-6-8-10-19)25(35)29(39)34(22(5-2)16-36)14-20-11-12-21(30)13-24(20)31/h4-13,15,18,22,33,36H,1-2,14,16-17H2,3H3,(H2,32,38). The largest absolute Gasteiger partial charge is 0.482 e. The molecule has 2 unspecified atom stereocenters. The molecule has 0 aliphatic rings. The number of aliphatic hydroxyl groups is 1. The minimum atomic E-state index is -1.06. The highest BCUT2D eigenvalue weighted by Crippen LogP contribution is 2.23. The van der Waals surface area contributed by atoms with Crippen LogP contribution >= 0.6 is 0 Å². The lowest BCUT2D eigenvalue weighted by atomic mass is 10.1. The maximum absolute atomic E-state index is 14.6. The van der Waals surface area contributed by atoms with E-state index in [1.54, 1.807) is 37.3 Å². The third kappa shape index (κ3) is 6.80. The van der Waals surface area contributed by atoms with Crippen LogP contribution in [0.15, 0.2) is 84.8 Å². The van der Waals surface area contributed by atoms with Gasteiger partial charge in [-0.15, -0.1) is 13.2 Å². The number of hydrogen-bond acceptors (Lipinski definition) is 6. The van der Waals surface area contributed by atoms with Crippen molar-refractivity contribution < 1.29 is 28.2 Å². The molecule has 1 heterocycles. The molecule has 2 atom stereocenters. The van der Waals surface area contributed by atoms with E-state index in [1.165, 1.54) is 12.2 Å². The third-order valence-electron chi connectivity index (χ3n) is 6.03. The van der Waals surface area contributed by atoms with Crippen molar-refractivity contribution in [1.82, 2.24) is 9.58 Å². The van der Waals surface area contributed by atoms with Gasteiger partial charge in [0.1, 0.15) is 23.8 Å². The van der Waals surface area contributed by atoms with Crippen molar-refractivity contribution in [3.63, 3.8) is 0 Å². The van der Waals surface area contributed by atoms with Gasteiger partial charge in [0.25, 0.3) is 11.8 Å². The first kappa shape index (κ1) is 29.8. The van der Waals surface area contributed by atoms with Crippen LogP contribution in [0.5, 0.6) is 5.75 Å². The molecule has 0 bridgehead atoms. The van der Waals surface area contributed by atoms with Gasteiger partial charge in [0.2, 0.25) is 5.43 Å². The average molecular weight is 553 g/mol. The smallest absolute Gasteiger partial charge is 0.277 e. The molecule has 0 saturated carbocycles. The summed E-state index contributed by atoms with van der Waals surface area (Å²) in [5, 5.41) is 10.0. The number of rotatable bonds is 13. The highest BCUT2D eigenvalue weighted by Gasteiger charge is 2.32. The van der Waals surface area contributed by atoms with Crippen molar-refractivity contribution in [1.29, 1.82) is 0 Å². The van der Waals surface area contributed by atoms with E-state index in [2.05, 4.69) is 18.6 Å². The zero-order valence-corrected chi connectivity index (χ0v) is 21.8. The third-order valence-corrected chi connectivity index (χ3v) is 6.03. The molecule has 0 aliphatic carbocycles. The van der Waals surface area contributed by atoms with E-state index < -0.39 is 65.4 Å². The molecule has 3 rings (SSSR count). The number of benzene rings is 2. The van der Waals surface area contributed by atoms with Crippen molar-refractivity contribution in [3.8, 4) is 5.75 Å². The van der Waals surface area contributed by atoms with Crippen LogP contribution in [0.2, 0.25) is 0 Å². The normalized spacial score (nSPS) is 12.2. The van der Waals surface area contributed by atoms with Gasteiger partial charge >= 0.3 is 0 Å². The molecular weight excluding hydrogens is 522 g/mol. The summed E-state index contributed by atoms with van der Waals surface area (Å²) in [6, 6.07) is 10.1. The Kier molecular flexibility index (Phi) is 9.93. The number of ether oxygens (including phenoxy) is 1. The van der Waals surface area contributed by atoms with E-state index in [1.807, 2.05) is 0 Å².